The molecule has 0 amide bonds. The molecule has 1 unspecified atom stereocenters. The molecule has 0 spiro atoms. The summed E-state index contributed by atoms with van der Waals surface area (Å²) in [5.74, 6) is 0.747. The third-order valence-corrected chi connectivity index (χ3v) is 3.06. The zero-order valence-electron chi connectivity index (χ0n) is 10.9. The highest BCUT2D eigenvalue weighted by molar-refractivity contribution is 7.71. The SMILES string of the molecule is COCC(Cn1c(-c2cccnc2)n[nH]c1=S)OC. The number of ether oxygens (including phenoxy) is 2. The van der Waals surface area contributed by atoms with Gasteiger partial charge < -0.3 is 9.47 Å². The van der Waals surface area contributed by atoms with Gasteiger partial charge in [-0.15, -0.1) is 0 Å². The first-order chi connectivity index (χ1) is 9.26. The van der Waals surface area contributed by atoms with E-state index in [9.17, 15) is 0 Å². The molecule has 2 rings (SSSR count). The lowest BCUT2D eigenvalue weighted by atomic mass is 10.2. The second-order valence-electron chi connectivity index (χ2n) is 4.02. The van der Waals surface area contributed by atoms with Crippen molar-refractivity contribution in [3.05, 3.63) is 29.3 Å². The predicted molar refractivity (Wildman–Crippen MR) is 73.3 cm³/mol. The molecular formula is C12H16N4O2S. The van der Waals surface area contributed by atoms with E-state index in [2.05, 4.69) is 15.2 Å². The average molecular weight is 280 g/mol. The topological polar surface area (TPSA) is 65.0 Å². The summed E-state index contributed by atoms with van der Waals surface area (Å²) in [5.41, 5.74) is 0.905. The van der Waals surface area contributed by atoms with Crippen molar-refractivity contribution in [3.63, 3.8) is 0 Å². The first kappa shape index (κ1) is 13.9. The van der Waals surface area contributed by atoms with Gasteiger partial charge in [-0.2, -0.15) is 5.10 Å². The second-order valence-corrected chi connectivity index (χ2v) is 4.40. The van der Waals surface area contributed by atoms with E-state index in [4.69, 9.17) is 21.7 Å². The summed E-state index contributed by atoms with van der Waals surface area (Å²) < 4.78 is 12.9. The Morgan fingerprint density at radius 3 is 2.95 bits per heavy atom. The molecule has 0 radical (unpaired) electrons. The summed E-state index contributed by atoms with van der Waals surface area (Å²) in [5, 5.41) is 7.04. The van der Waals surface area contributed by atoms with Gasteiger partial charge in [0.15, 0.2) is 10.6 Å². The normalized spacial score (nSPS) is 12.5. The molecule has 1 atom stereocenters. The van der Waals surface area contributed by atoms with Gasteiger partial charge in [-0.1, -0.05) is 0 Å². The van der Waals surface area contributed by atoms with Crippen LogP contribution >= 0.6 is 12.2 Å². The number of aromatic nitrogens is 4. The number of rotatable bonds is 6. The van der Waals surface area contributed by atoms with E-state index >= 15 is 0 Å². The maximum Gasteiger partial charge on any atom is 0.195 e. The van der Waals surface area contributed by atoms with Crippen molar-refractivity contribution in [2.75, 3.05) is 20.8 Å². The van der Waals surface area contributed by atoms with Gasteiger partial charge >= 0.3 is 0 Å². The Balaban J connectivity index is 2.30. The summed E-state index contributed by atoms with van der Waals surface area (Å²) >= 11 is 5.25. The molecular weight excluding hydrogens is 264 g/mol. The standard InChI is InChI=1S/C12H16N4O2S/c1-17-8-10(18-2)7-16-11(14-15-12(16)19)9-4-3-5-13-6-9/h3-6,10H,7-8H2,1-2H3,(H,15,19). The van der Waals surface area contributed by atoms with Gasteiger partial charge in [0.2, 0.25) is 0 Å². The van der Waals surface area contributed by atoms with Crippen LogP contribution in [0, 0.1) is 4.77 Å². The van der Waals surface area contributed by atoms with Crippen molar-refractivity contribution in [1.29, 1.82) is 0 Å². The lowest BCUT2D eigenvalue weighted by molar-refractivity contribution is 0.0183. The smallest absolute Gasteiger partial charge is 0.195 e. The highest BCUT2D eigenvalue weighted by Gasteiger charge is 2.14. The quantitative estimate of drug-likeness (QED) is 0.815. The zero-order chi connectivity index (χ0) is 13.7. The number of methoxy groups -OCH3 is 2. The fourth-order valence-corrected chi connectivity index (χ4v) is 1.99. The number of hydrogen-bond donors (Lipinski definition) is 1. The number of aromatic amines is 1. The lowest BCUT2D eigenvalue weighted by Crippen LogP contribution is -2.24. The Morgan fingerprint density at radius 1 is 1.47 bits per heavy atom. The summed E-state index contributed by atoms with van der Waals surface area (Å²) in [7, 11) is 3.29. The molecule has 0 aromatic carbocycles. The Labute approximate surface area is 116 Å². The molecule has 2 aromatic heterocycles. The molecule has 19 heavy (non-hydrogen) atoms. The van der Waals surface area contributed by atoms with Crippen LogP contribution < -0.4 is 0 Å². The first-order valence-corrected chi connectivity index (χ1v) is 6.24. The maximum atomic E-state index is 5.36. The molecule has 1 N–H and O–H groups in total. The van der Waals surface area contributed by atoms with Crippen LogP contribution in [0.5, 0.6) is 0 Å². The van der Waals surface area contributed by atoms with E-state index in [1.807, 2.05) is 16.7 Å². The van der Waals surface area contributed by atoms with Crippen molar-refractivity contribution >= 4 is 12.2 Å². The van der Waals surface area contributed by atoms with Crippen LogP contribution in [0.15, 0.2) is 24.5 Å². The maximum absolute atomic E-state index is 5.36. The van der Waals surface area contributed by atoms with Gasteiger partial charge in [-0.3, -0.25) is 14.6 Å². The molecule has 6 nitrogen and oxygen atoms in total. The van der Waals surface area contributed by atoms with Crippen molar-refractivity contribution in [2.24, 2.45) is 0 Å². The van der Waals surface area contributed by atoms with Gasteiger partial charge in [0, 0.05) is 32.2 Å². The molecule has 2 aromatic rings. The summed E-state index contributed by atoms with van der Waals surface area (Å²) in [6.07, 6.45) is 3.39. The minimum Gasteiger partial charge on any atom is -0.382 e. The van der Waals surface area contributed by atoms with E-state index in [-0.39, 0.29) is 6.10 Å². The van der Waals surface area contributed by atoms with Crippen LogP contribution in [0.1, 0.15) is 0 Å². The molecule has 7 heteroatoms. The van der Waals surface area contributed by atoms with Crippen molar-refractivity contribution in [1.82, 2.24) is 19.7 Å². The zero-order valence-corrected chi connectivity index (χ0v) is 11.7. The van der Waals surface area contributed by atoms with E-state index in [1.54, 1.807) is 26.6 Å². The minimum atomic E-state index is -0.0790. The van der Waals surface area contributed by atoms with Crippen LogP contribution in [0.25, 0.3) is 11.4 Å². The number of nitrogens with one attached hydrogen (secondary N) is 1. The second kappa shape index (κ2) is 6.55. The third kappa shape index (κ3) is 3.25. The predicted octanol–water partition coefficient (Wildman–Crippen LogP) is 1.66. The third-order valence-electron chi connectivity index (χ3n) is 2.75. The van der Waals surface area contributed by atoms with Gasteiger partial charge in [-0.05, 0) is 24.4 Å². The van der Waals surface area contributed by atoms with Crippen LogP contribution in [0.4, 0.5) is 0 Å². The Morgan fingerprint density at radius 2 is 2.32 bits per heavy atom. The van der Waals surface area contributed by atoms with Crippen LogP contribution in [-0.2, 0) is 16.0 Å². The molecule has 0 bridgehead atoms. The Bertz CT molecular complexity index is 567. The van der Waals surface area contributed by atoms with Crippen molar-refractivity contribution in [3.8, 4) is 11.4 Å². The van der Waals surface area contributed by atoms with E-state index < -0.39 is 0 Å². The summed E-state index contributed by atoms with van der Waals surface area (Å²) in [6, 6.07) is 3.80. The number of pyridine rings is 1. The van der Waals surface area contributed by atoms with E-state index in [1.165, 1.54) is 0 Å². The van der Waals surface area contributed by atoms with Gasteiger partial charge in [-0.25, -0.2) is 0 Å². The molecule has 102 valence electrons. The monoisotopic (exact) mass is 280 g/mol. The number of H-pyrrole nitrogens is 1. The fourth-order valence-electron chi connectivity index (χ4n) is 1.79. The van der Waals surface area contributed by atoms with E-state index in [0.717, 1.165) is 11.4 Å². The molecule has 0 fully saturated rings. The average Bonchev–Trinajstić information content (AvgIpc) is 2.80. The van der Waals surface area contributed by atoms with Crippen LogP contribution in [0.2, 0.25) is 0 Å². The lowest BCUT2D eigenvalue weighted by Gasteiger charge is -2.15. The Kier molecular flexibility index (Phi) is 4.78. The molecule has 0 saturated carbocycles. The Hall–Kier alpha value is -1.57. The number of nitrogens with zero attached hydrogens (tertiary/aromatic N) is 3. The van der Waals surface area contributed by atoms with Crippen LogP contribution in [0.3, 0.4) is 0 Å². The minimum absolute atomic E-state index is 0.0790. The highest BCUT2D eigenvalue weighted by atomic mass is 32.1. The molecule has 0 aliphatic carbocycles. The number of hydrogen-bond acceptors (Lipinski definition) is 5. The fraction of sp³-hybridized carbons (Fsp3) is 0.417. The van der Waals surface area contributed by atoms with Gasteiger partial charge in [0.25, 0.3) is 0 Å². The highest BCUT2D eigenvalue weighted by Crippen LogP contribution is 2.16. The largest absolute Gasteiger partial charge is 0.382 e. The van der Waals surface area contributed by atoms with Gasteiger partial charge in [0.05, 0.1) is 19.3 Å². The summed E-state index contributed by atoms with van der Waals surface area (Å²) in [4.78, 5) is 4.09. The van der Waals surface area contributed by atoms with E-state index in [0.29, 0.717) is 17.9 Å². The molecule has 2 heterocycles. The van der Waals surface area contributed by atoms with Gasteiger partial charge in [0.1, 0.15) is 0 Å². The van der Waals surface area contributed by atoms with Crippen molar-refractivity contribution in [2.45, 2.75) is 12.6 Å². The molecule has 0 aliphatic heterocycles. The first-order valence-electron chi connectivity index (χ1n) is 5.83. The molecule has 0 saturated heterocycles. The summed E-state index contributed by atoms with van der Waals surface area (Å²) in [6.45, 7) is 1.07. The van der Waals surface area contributed by atoms with Crippen LogP contribution in [-0.4, -0.2) is 46.7 Å². The molecule has 0 aliphatic rings. The van der Waals surface area contributed by atoms with Crippen molar-refractivity contribution < 1.29 is 9.47 Å².